The average Bonchev–Trinajstić information content (AvgIpc) is 2.43. The minimum Gasteiger partial charge on any atom is -0.477 e. The van der Waals surface area contributed by atoms with Gasteiger partial charge in [-0.25, -0.2) is 4.79 Å². The van der Waals surface area contributed by atoms with Gasteiger partial charge in [0.25, 0.3) is 0 Å². The number of carbonyl (C=O) groups is 1. The standard InChI is InChI=1S/C9H13IN2O2/c1-11(2)3-4-12-6-7(10)5-8(12)9(13)14/h5-6H,3-4H2,1-2H3,(H,13,14). The fourth-order valence-electron chi connectivity index (χ4n) is 1.15. The normalized spacial score (nSPS) is 10.9. The molecule has 78 valence electrons. The van der Waals surface area contributed by atoms with Crippen LogP contribution in [0.25, 0.3) is 0 Å². The summed E-state index contributed by atoms with van der Waals surface area (Å²) in [4.78, 5) is 12.9. The van der Waals surface area contributed by atoms with Gasteiger partial charge in [0.1, 0.15) is 5.69 Å². The van der Waals surface area contributed by atoms with Crippen molar-refractivity contribution >= 4 is 28.6 Å². The molecule has 0 saturated heterocycles. The molecular weight excluding hydrogens is 295 g/mol. The van der Waals surface area contributed by atoms with Crippen molar-refractivity contribution in [3.8, 4) is 0 Å². The first-order valence-electron chi connectivity index (χ1n) is 4.24. The van der Waals surface area contributed by atoms with Crippen LogP contribution < -0.4 is 0 Å². The summed E-state index contributed by atoms with van der Waals surface area (Å²) in [5.74, 6) is -0.869. The lowest BCUT2D eigenvalue weighted by Gasteiger charge is -2.11. The topological polar surface area (TPSA) is 45.5 Å². The Hall–Kier alpha value is -0.560. The number of carboxylic acids is 1. The Balaban J connectivity index is 2.79. The summed E-state index contributed by atoms with van der Waals surface area (Å²) in [5, 5.41) is 8.91. The lowest BCUT2D eigenvalue weighted by Crippen LogP contribution is -2.20. The second-order valence-corrected chi connectivity index (χ2v) is 4.59. The molecule has 5 heteroatoms. The fourth-order valence-corrected chi connectivity index (χ4v) is 1.78. The molecule has 0 radical (unpaired) electrons. The van der Waals surface area contributed by atoms with Gasteiger partial charge in [-0.1, -0.05) is 0 Å². The third kappa shape index (κ3) is 2.98. The summed E-state index contributed by atoms with van der Waals surface area (Å²) < 4.78 is 2.73. The van der Waals surface area contributed by atoms with E-state index in [-0.39, 0.29) is 0 Å². The maximum Gasteiger partial charge on any atom is 0.352 e. The van der Waals surface area contributed by atoms with Crippen molar-refractivity contribution in [3.05, 3.63) is 21.5 Å². The molecule has 0 fully saturated rings. The molecule has 0 spiro atoms. The molecule has 14 heavy (non-hydrogen) atoms. The van der Waals surface area contributed by atoms with Crippen LogP contribution in [-0.4, -0.2) is 41.2 Å². The first-order valence-corrected chi connectivity index (χ1v) is 5.32. The number of rotatable bonds is 4. The first-order chi connectivity index (χ1) is 6.50. The van der Waals surface area contributed by atoms with E-state index in [2.05, 4.69) is 22.6 Å². The predicted octanol–water partition coefficient (Wildman–Crippen LogP) is 1.35. The minimum atomic E-state index is -0.869. The lowest BCUT2D eigenvalue weighted by atomic mass is 10.4. The monoisotopic (exact) mass is 308 g/mol. The van der Waals surface area contributed by atoms with Gasteiger partial charge < -0.3 is 14.6 Å². The van der Waals surface area contributed by atoms with Gasteiger partial charge in [0, 0.05) is 22.9 Å². The zero-order chi connectivity index (χ0) is 10.7. The van der Waals surface area contributed by atoms with E-state index in [9.17, 15) is 4.79 Å². The fraction of sp³-hybridized carbons (Fsp3) is 0.444. The molecule has 0 bridgehead atoms. The number of hydrogen-bond acceptors (Lipinski definition) is 2. The largest absolute Gasteiger partial charge is 0.477 e. The number of likely N-dealkylation sites (N-methyl/N-ethyl adjacent to an activating group) is 1. The number of halogens is 1. The van der Waals surface area contributed by atoms with Gasteiger partial charge in [-0.3, -0.25) is 0 Å². The lowest BCUT2D eigenvalue weighted by molar-refractivity contribution is 0.0684. The zero-order valence-electron chi connectivity index (χ0n) is 8.20. The van der Waals surface area contributed by atoms with Gasteiger partial charge in [0.2, 0.25) is 0 Å². The summed E-state index contributed by atoms with van der Waals surface area (Å²) >= 11 is 2.12. The van der Waals surface area contributed by atoms with Crippen LogP contribution in [0.1, 0.15) is 10.5 Å². The summed E-state index contributed by atoms with van der Waals surface area (Å²) in [5.41, 5.74) is 0.358. The van der Waals surface area contributed by atoms with Crippen LogP contribution in [0.2, 0.25) is 0 Å². The Morgan fingerprint density at radius 2 is 2.29 bits per heavy atom. The van der Waals surface area contributed by atoms with Crippen LogP contribution in [0.15, 0.2) is 12.3 Å². The van der Waals surface area contributed by atoms with Crippen molar-refractivity contribution < 1.29 is 9.90 Å². The van der Waals surface area contributed by atoms with Crippen molar-refractivity contribution in [1.29, 1.82) is 0 Å². The van der Waals surface area contributed by atoms with Crippen molar-refractivity contribution in [2.45, 2.75) is 6.54 Å². The van der Waals surface area contributed by atoms with E-state index in [0.29, 0.717) is 12.2 Å². The molecule has 0 aliphatic rings. The molecule has 1 rings (SSSR count). The van der Waals surface area contributed by atoms with Crippen LogP contribution in [0, 0.1) is 3.57 Å². The summed E-state index contributed by atoms with van der Waals surface area (Å²) in [6.45, 7) is 1.54. The molecule has 0 aliphatic carbocycles. The van der Waals surface area contributed by atoms with Crippen molar-refractivity contribution in [1.82, 2.24) is 9.47 Å². The SMILES string of the molecule is CN(C)CCn1cc(I)cc1C(=O)O. The number of hydrogen-bond donors (Lipinski definition) is 1. The van der Waals surface area contributed by atoms with Crippen molar-refractivity contribution in [2.75, 3.05) is 20.6 Å². The molecule has 0 aromatic carbocycles. The van der Waals surface area contributed by atoms with Crippen molar-refractivity contribution in [2.24, 2.45) is 0 Å². The number of aromatic nitrogens is 1. The molecule has 4 nitrogen and oxygen atoms in total. The Bertz CT molecular complexity index is 334. The Morgan fingerprint density at radius 3 is 2.79 bits per heavy atom. The second kappa shape index (κ2) is 4.79. The van der Waals surface area contributed by atoms with Crippen LogP contribution in [0.4, 0.5) is 0 Å². The van der Waals surface area contributed by atoms with Gasteiger partial charge in [-0.15, -0.1) is 0 Å². The van der Waals surface area contributed by atoms with Gasteiger partial charge in [0.05, 0.1) is 0 Å². The van der Waals surface area contributed by atoms with Gasteiger partial charge in [0.15, 0.2) is 0 Å². The number of aromatic carboxylic acids is 1. The Labute approximate surface area is 96.7 Å². The third-order valence-electron chi connectivity index (χ3n) is 1.87. The van der Waals surface area contributed by atoms with E-state index in [1.54, 1.807) is 10.6 Å². The molecule has 0 atom stereocenters. The first kappa shape index (κ1) is 11.5. The molecule has 0 saturated carbocycles. The molecule has 0 unspecified atom stereocenters. The van der Waals surface area contributed by atoms with Gasteiger partial charge in [-0.05, 0) is 42.8 Å². The number of nitrogens with zero attached hydrogens (tertiary/aromatic N) is 2. The van der Waals surface area contributed by atoms with Crippen LogP contribution in [0.5, 0.6) is 0 Å². The van der Waals surface area contributed by atoms with Crippen LogP contribution in [-0.2, 0) is 6.54 Å². The maximum absolute atomic E-state index is 10.8. The summed E-state index contributed by atoms with van der Waals surface area (Å²) in [6.07, 6.45) is 1.85. The van der Waals surface area contributed by atoms with Gasteiger partial charge in [-0.2, -0.15) is 0 Å². The van der Waals surface area contributed by atoms with E-state index in [1.807, 2.05) is 25.2 Å². The molecule has 1 N–H and O–H groups in total. The highest BCUT2D eigenvalue weighted by Crippen LogP contribution is 2.11. The molecule has 1 heterocycles. The quantitative estimate of drug-likeness (QED) is 0.854. The molecule has 1 aromatic rings. The molecule has 0 aliphatic heterocycles. The van der Waals surface area contributed by atoms with Crippen LogP contribution >= 0.6 is 22.6 Å². The van der Waals surface area contributed by atoms with E-state index in [4.69, 9.17) is 5.11 Å². The van der Waals surface area contributed by atoms with E-state index in [1.165, 1.54) is 0 Å². The van der Waals surface area contributed by atoms with Gasteiger partial charge >= 0.3 is 5.97 Å². The highest BCUT2D eigenvalue weighted by atomic mass is 127. The number of carboxylic acid groups (broad SMARTS) is 1. The van der Waals surface area contributed by atoms with Crippen LogP contribution in [0.3, 0.4) is 0 Å². The smallest absolute Gasteiger partial charge is 0.352 e. The average molecular weight is 308 g/mol. The molecular formula is C9H13IN2O2. The summed E-state index contributed by atoms with van der Waals surface area (Å²) in [7, 11) is 3.93. The second-order valence-electron chi connectivity index (χ2n) is 3.35. The highest BCUT2D eigenvalue weighted by Gasteiger charge is 2.10. The van der Waals surface area contributed by atoms with E-state index < -0.39 is 5.97 Å². The summed E-state index contributed by atoms with van der Waals surface area (Å²) in [6, 6.07) is 1.68. The third-order valence-corrected chi connectivity index (χ3v) is 2.46. The molecule has 0 amide bonds. The predicted molar refractivity (Wildman–Crippen MR) is 62.7 cm³/mol. The minimum absolute atomic E-state index is 0.358. The Kier molecular flexibility index (Phi) is 3.94. The van der Waals surface area contributed by atoms with Crippen molar-refractivity contribution in [3.63, 3.8) is 0 Å². The van der Waals surface area contributed by atoms with E-state index >= 15 is 0 Å². The maximum atomic E-state index is 10.8. The zero-order valence-corrected chi connectivity index (χ0v) is 10.4. The highest BCUT2D eigenvalue weighted by molar-refractivity contribution is 14.1. The van der Waals surface area contributed by atoms with E-state index in [0.717, 1.165) is 10.1 Å². The Morgan fingerprint density at radius 1 is 1.64 bits per heavy atom. The molecule has 1 aromatic heterocycles.